The number of hydrogen-bond acceptors (Lipinski definition) is 5. The van der Waals surface area contributed by atoms with Gasteiger partial charge in [-0.2, -0.15) is 0 Å². The van der Waals surface area contributed by atoms with Crippen molar-refractivity contribution in [1.29, 1.82) is 0 Å². The Hall–Kier alpha value is -3.35. The van der Waals surface area contributed by atoms with Crippen molar-refractivity contribution in [3.8, 4) is 17.2 Å². The molecular weight excluding hydrogens is 428 g/mol. The lowest BCUT2D eigenvalue weighted by Gasteiger charge is -2.31. The van der Waals surface area contributed by atoms with Crippen LogP contribution in [0, 0.1) is 0 Å². The third-order valence-corrected chi connectivity index (χ3v) is 5.98. The normalized spacial score (nSPS) is 14.1. The van der Waals surface area contributed by atoms with E-state index in [1.807, 2.05) is 66.7 Å². The number of likely N-dealkylation sites (N-methyl/N-ethyl adjacent to an activating group) is 1. The summed E-state index contributed by atoms with van der Waals surface area (Å²) in [6.45, 7) is 3.56. The zero-order chi connectivity index (χ0) is 23.6. The molecule has 1 amide bonds. The van der Waals surface area contributed by atoms with Gasteiger partial charge in [-0.25, -0.2) is 0 Å². The van der Waals surface area contributed by atoms with Crippen molar-refractivity contribution in [2.24, 2.45) is 0 Å². The van der Waals surface area contributed by atoms with E-state index in [2.05, 4.69) is 17.3 Å². The summed E-state index contributed by atoms with van der Waals surface area (Å²) in [5, 5.41) is 2.99. The van der Waals surface area contributed by atoms with Gasteiger partial charge in [0.05, 0.1) is 5.56 Å². The fourth-order valence-corrected chi connectivity index (χ4v) is 4.00. The van der Waals surface area contributed by atoms with Crippen LogP contribution in [0.25, 0.3) is 0 Å². The largest absolute Gasteiger partial charge is 0.492 e. The van der Waals surface area contributed by atoms with Crippen LogP contribution in [-0.2, 0) is 11.3 Å². The molecule has 0 bridgehead atoms. The van der Waals surface area contributed by atoms with E-state index in [1.54, 1.807) is 12.1 Å². The minimum atomic E-state index is -0.184. The van der Waals surface area contributed by atoms with Crippen molar-refractivity contribution in [2.45, 2.75) is 25.4 Å². The second kappa shape index (κ2) is 12.2. The Bertz CT molecular complexity index is 1050. The Morgan fingerprint density at radius 1 is 0.971 bits per heavy atom. The summed E-state index contributed by atoms with van der Waals surface area (Å²) in [5.41, 5.74) is 1.47. The smallest absolute Gasteiger partial charge is 0.255 e. The lowest BCUT2D eigenvalue weighted by molar-refractivity contribution is 0.0392. The third kappa shape index (κ3) is 6.83. The summed E-state index contributed by atoms with van der Waals surface area (Å²) >= 11 is 0. The highest BCUT2D eigenvalue weighted by atomic mass is 16.5. The number of carbonyl (C=O) groups excluding carboxylic acids is 1. The van der Waals surface area contributed by atoms with Gasteiger partial charge in [-0.1, -0.05) is 42.5 Å². The van der Waals surface area contributed by atoms with E-state index >= 15 is 0 Å². The van der Waals surface area contributed by atoms with E-state index in [0.29, 0.717) is 36.3 Å². The average molecular weight is 461 g/mol. The molecule has 0 radical (unpaired) electrons. The van der Waals surface area contributed by atoms with Crippen LogP contribution in [0.1, 0.15) is 28.8 Å². The number of rotatable bonds is 10. The van der Waals surface area contributed by atoms with E-state index < -0.39 is 0 Å². The Balaban J connectivity index is 1.29. The van der Waals surface area contributed by atoms with Gasteiger partial charge in [0, 0.05) is 32.3 Å². The van der Waals surface area contributed by atoms with Crippen LogP contribution in [0.5, 0.6) is 17.2 Å². The average Bonchev–Trinajstić information content (AvgIpc) is 2.89. The molecule has 6 nitrogen and oxygen atoms in total. The van der Waals surface area contributed by atoms with Crippen molar-refractivity contribution in [1.82, 2.24) is 10.2 Å². The highest BCUT2D eigenvalue weighted by Crippen LogP contribution is 2.25. The molecule has 1 fully saturated rings. The van der Waals surface area contributed by atoms with E-state index in [0.717, 1.165) is 43.9 Å². The van der Waals surface area contributed by atoms with Gasteiger partial charge in [0.2, 0.25) is 0 Å². The molecule has 0 saturated carbocycles. The number of hydrogen-bond donors (Lipinski definition) is 1. The van der Waals surface area contributed by atoms with Crippen LogP contribution in [0.3, 0.4) is 0 Å². The van der Waals surface area contributed by atoms with Gasteiger partial charge in [-0.15, -0.1) is 0 Å². The Labute approximate surface area is 201 Å². The highest BCUT2D eigenvalue weighted by Gasteiger charge is 2.18. The quantitative estimate of drug-likeness (QED) is 0.466. The molecule has 34 heavy (non-hydrogen) atoms. The molecule has 3 aromatic carbocycles. The summed E-state index contributed by atoms with van der Waals surface area (Å²) in [6.07, 6.45) is 2.15. The maximum Gasteiger partial charge on any atom is 0.255 e. The van der Waals surface area contributed by atoms with Gasteiger partial charge in [-0.05, 0) is 61.9 Å². The second-order valence-corrected chi connectivity index (χ2v) is 8.41. The van der Waals surface area contributed by atoms with Gasteiger partial charge in [0.25, 0.3) is 5.91 Å². The van der Waals surface area contributed by atoms with Gasteiger partial charge < -0.3 is 19.5 Å². The van der Waals surface area contributed by atoms with Gasteiger partial charge >= 0.3 is 0 Å². The first-order chi connectivity index (χ1) is 16.7. The fourth-order valence-electron chi connectivity index (χ4n) is 4.00. The number of carbonyl (C=O) groups is 1. The molecule has 0 unspecified atom stereocenters. The second-order valence-electron chi connectivity index (χ2n) is 8.41. The molecule has 1 N–H and O–H groups in total. The van der Waals surface area contributed by atoms with E-state index in [9.17, 15) is 4.79 Å². The standard InChI is InChI=1S/C28H32N2O4/c1-30(23-14-17-32-18-15-23)16-19-33-25-11-7-8-22(20-25)21-29-28(31)26-12-5-6-13-27(26)34-24-9-3-2-4-10-24/h2-13,20,23H,14-19,21H2,1H3,(H,29,31). The molecule has 4 rings (SSSR count). The number of ether oxygens (including phenoxy) is 3. The molecule has 1 heterocycles. The number of amides is 1. The van der Waals surface area contributed by atoms with Crippen LogP contribution in [0.2, 0.25) is 0 Å². The first kappa shape index (κ1) is 23.8. The topological polar surface area (TPSA) is 60.0 Å². The van der Waals surface area contributed by atoms with Crippen LogP contribution < -0.4 is 14.8 Å². The van der Waals surface area contributed by atoms with Gasteiger partial charge in [0.15, 0.2) is 0 Å². The third-order valence-electron chi connectivity index (χ3n) is 5.98. The Kier molecular flexibility index (Phi) is 8.54. The first-order valence-corrected chi connectivity index (χ1v) is 11.8. The summed E-state index contributed by atoms with van der Waals surface area (Å²) in [4.78, 5) is 15.2. The Morgan fingerprint density at radius 3 is 2.53 bits per heavy atom. The van der Waals surface area contributed by atoms with Crippen molar-refractivity contribution >= 4 is 5.91 Å². The van der Waals surface area contributed by atoms with E-state index in [-0.39, 0.29) is 5.91 Å². The molecule has 1 aliphatic heterocycles. The summed E-state index contributed by atoms with van der Waals surface area (Å²) in [5.74, 6) is 1.84. The molecule has 178 valence electrons. The minimum Gasteiger partial charge on any atom is -0.492 e. The molecule has 0 atom stereocenters. The lowest BCUT2D eigenvalue weighted by Crippen LogP contribution is -2.38. The van der Waals surface area contributed by atoms with E-state index in [4.69, 9.17) is 14.2 Å². The number of para-hydroxylation sites is 2. The monoisotopic (exact) mass is 460 g/mol. The van der Waals surface area contributed by atoms with Crippen molar-refractivity contribution < 1.29 is 19.0 Å². The number of benzene rings is 3. The maximum atomic E-state index is 12.9. The minimum absolute atomic E-state index is 0.184. The zero-order valence-corrected chi connectivity index (χ0v) is 19.6. The summed E-state index contributed by atoms with van der Waals surface area (Å²) in [7, 11) is 2.14. The molecule has 0 spiro atoms. The number of nitrogens with one attached hydrogen (secondary N) is 1. The van der Waals surface area contributed by atoms with Crippen LogP contribution in [0.15, 0.2) is 78.9 Å². The molecule has 0 aliphatic carbocycles. The van der Waals surface area contributed by atoms with Gasteiger partial charge in [-0.3, -0.25) is 9.69 Å². The van der Waals surface area contributed by atoms with Crippen LogP contribution in [0.4, 0.5) is 0 Å². The van der Waals surface area contributed by atoms with Crippen LogP contribution in [-0.4, -0.2) is 50.3 Å². The number of nitrogens with zero attached hydrogens (tertiary/aromatic N) is 1. The molecule has 1 aliphatic rings. The van der Waals surface area contributed by atoms with Gasteiger partial charge in [0.1, 0.15) is 23.9 Å². The van der Waals surface area contributed by atoms with Crippen LogP contribution >= 0.6 is 0 Å². The molecule has 1 saturated heterocycles. The summed E-state index contributed by atoms with van der Waals surface area (Å²) < 4.78 is 17.3. The lowest BCUT2D eigenvalue weighted by atomic mass is 10.1. The van der Waals surface area contributed by atoms with Crippen molar-refractivity contribution in [3.63, 3.8) is 0 Å². The fraction of sp³-hybridized carbons (Fsp3) is 0.321. The first-order valence-electron chi connectivity index (χ1n) is 11.8. The molecular formula is C28H32N2O4. The predicted molar refractivity (Wildman–Crippen MR) is 133 cm³/mol. The Morgan fingerprint density at radius 2 is 1.71 bits per heavy atom. The zero-order valence-electron chi connectivity index (χ0n) is 19.6. The van der Waals surface area contributed by atoms with E-state index in [1.165, 1.54) is 0 Å². The predicted octanol–water partition coefficient (Wildman–Crippen LogP) is 4.90. The molecule has 0 aromatic heterocycles. The molecule has 3 aromatic rings. The van der Waals surface area contributed by atoms with Crippen molar-refractivity contribution in [2.75, 3.05) is 33.4 Å². The highest BCUT2D eigenvalue weighted by molar-refractivity contribution is 5.97. The maximum absolute atomic E-state index is 12.9. The summed E-state index contributed by atoms with van der Waals surface area (Å²) in [6, 6.07) is 25.1. The van der Waals surface area contributed by atoms with Crippen molar-refractivity contribution in [3.05, 3.63) is 90.0 Å². The SMILES string of the molecule is CN(CCOc1cccc(CNC(=O)c2ccccc2Oc2ccccc2)c1)C1CCOCC1. The molecule has 6 heteroatoms.